The highest BCUT2D eigenvalue weighted by Crippen LogP contribution is 2.60. The molecule has 0 atom stereocenters. The molecule has 2 aliphatic carbocycles. The Morgan fingerprint density at radius 1 is 0.404 bits per heavy atom. The number of aromatic nitrogens is 2. The van der Waals surface area contributed by atoms with Crippen LogP contribution in [0.15, 0.2) is 161 Å². The molecule has 0 radical (unpaired) electrons. The Labute approximate surface area is 321 Å². The first-order valence-corrected chi connectivity index (χ1v) is 20.9. The molecule has 52 heavy (non-hydrogen) atoms. The van der Waals surface area contributed by atoms with E-state index in [1.165, 1.54) is 83.7 Å². The summed E-state index contributed by atoms with van der Waals surface area (Å²) in [7, 11) is 0. The van der Waals surface area contributed by atoms with Crippen LogP contribution in [0.3, 0.4) is 0 Å². The highest BCUT2D eigenvalue weighted by atomic mass is 32.2. The molecule has 4 aliphatic rings. The second-order valence-electron chi connectivity index (χ2n) is 15.0. The summed E-state index contributed by atoms with van der Waals surface area (Å²) in [6, 6.07) is 43.0. The molecule has 2 aliphatic heterocycles. The molecule has 0 unspecified atom stereocenters. The van der Waals surface area contributed by atoms with Gasteiger partial charge in [-0.15, -0.1) is 0 Å². The Morgan fingerprint density at radius 2 is 0.827 bits per heavy atom. The van der Waals surface area contributed by atoms with Gasteiger partial charge in [0.2, 0.25) is 0 Å². The van der Waals surface area contributed by atoms with E-state index < -0.39 is 0 Å². The Morgan fingerprint density at radius 3 is 1.27 bits per heavy atom. The molecule has 6 heteroatoms. The maximum Gasteiger partial charge on any atom is 0.116 e. The normalized spacial score (nSPS) is 16.1. The first-order valence-electron chi connectivity index (χ1n) is 17.6. The van der Waals surface area contributed by atoms with Crippen molar-refractivity contribution in [3.63, 3.8) is 0 Å². The molecule has 0 amide bonds. The van der Waals surface area contributed by atoms with Crippen LogP contribution in [-0.4, -0.2) is 9.97 Å². The van der Waals surface area contributed by atoms with Crippen LogP contribution in [-0.2, 0) is 10.8 Å². The third-order valence-corrected chi connectivity index (χ3v) is 16.5. The molecule has 0 N–H and O–H groups in total. The third-order valence-electron chi connectivity index (χ3n) is 11.3. The highest BCUT2D eigenvalue weighted by molar-refractivity contribution is 8.05. The lowest BCUT2D eigenvalue weighted by Gasteiger charge is -2.24. The van der Waals surface area contributed by atoms with E-state index in [2.05, 4.69) is 143 Å². The fourth-order valence-electron chi connectivity index (χ4n) is 8.60. The van der Waals surface area contributed by atoms with Crippen molar-refractivity contribution in [2.75, 3.05) is 0 Å². The number of hydrogen-bond acceptors (Lipinski definition) is 6. The first kappa shape index (κ1) is 31.3. The zero-order valence-corrected chi connectivity index (χ0v) is 32.3. The largest absolute Gasteiger partial charge is 0.236 e. The van der Waals surface area contributed by atoms with Crippen molar-refractivity contribution in [3.05, 3.63) is 144 Å². The van der Waals surface area contributed by atoms with E-state index in [1.54, 1.807) is 6.33 Å². The van der Waals surface area contributed by atoms with Gasteiger partial charge in [-0.1, -0.05) is 135 Å². The molecular weight excluding hydrogens is 709 g/mol. The van der Waals surface area contributed by atoms with Crippen LogP contribution in [0.25, 0.3) is 44.8 Å². The van der Waals surface area contributed by atoms with Gasteiger partial charge in [0.05, 0.1) is 11.4 Å². The SMILES string of the molecule is CC1(C)c2cc(-c3cc(-c4ccc5c(c4)C(C)(C)c4ccc6c(c4-5)Sc4ccccc4S6)ncn3)ccc2-c2c1ccc1c2Sc2ccccc2S1. The van der Waals surface area contributed by atoms with Crippen molar-refractivity contribution in [2.24, 2.45) is 0 Å². The van der Waals surface area contributed by atoms with Crippen molar-refractivity contribution >= 4 is 47.0 Å². The standard InChI is InChI=1S/C46H32N2S4/c1-45(2)29-17-19-39-43(51-37-11-7-5-9-35(37)49-39)41(29)27-15-13-25(21-31(27)45)33-23-34(48-24-47-33)26-14-16-28-32(22-26)46(3,4)30-18-20-40-44(42(28)30)52-38-12-8-6-10-36(38)50-40/h5-24H,1-4H3. The van der Waals surface area contributed by atoms with Crippen LogP contribution in [0.5, 0.6) is 0 Å². The lowest BCUT2D eigenvalue weighted by Crippen LogP contribution is -2.15. The van der Waals surface area contributed by atoms with E-state index >= 15 is 0 Å². The van der Waals surface area contributed by atoms with Gasteiger partial charge in [-0.3, -0.25) is 0 Å². The summed E-state index contributed by atoms with van der Waals surface area (Å²) in [5.74, 6) is 0. The first-order chi connectivity index (χ1) is 25.3. The van der Waals surface area contributed by atoms with E-state index in [4.69, 9.17) is 9.97 Å². The van der Waals surface area contributed by atoms with E-state index in [0.29, 0.717) is 0 Å². The van der Waals surface area contributed by atoms with Crippen LogP contribution < -0.4 is 0 Å². The molecule has 6 aromatic carbocycles. The number of rotatable bonds is 2. The Kier molecular flexibility index (Phi) is 6.72. The highest BCUT2D eigenvalue weighted by Gasteiger charge is 2.40. The second kappa shape index (κ2) is 11.2. The summed E-state index contributed by atoms with van der Waals surface area (Å²) in [4.78, 5) is 20.5. The van der Waals surface area contributed by atoms with Crippen molar-refractivity contribution in [3.8, 4) is 44.8 Å². The summed E-state index contributed by atoms with van der Waals surface area (Å²) in [6.07, 6.45) is 1.73. The molecule has 250 valence electrons. The summed E-state index contributed by atoms with van der Waals surface area (Å²) < 4.78 is 0. The van der Waals surface area contributed by atoms with Crippen LogP contribution in [0, 0.1) is 0 Å². The molecule has 0 saturated carbocycles. The molecule has 0 bridgehead atoms. The predicted octanol–water partition coefficient (Wildman–Crippen LogP) is 13.7. The molecule has 11 rings (SSSR count). The molecule has 3 heterocycles. The maximum absolute atomic E-state index is 4.83. The average Bonchev–Trinajstić information content (AvgIpc) is 3.55. The van der Waals surface area contributed by atoms with Gasteiger partial charge in [-0.25, -0.2) is 9.97 Å². The second-order valence-corrected chi connectivity index (χ2v) is 19.3. The van der Waals surface area contributed by atoms with Gasteiger partial charge < -0.3 is 0 Å². The zero-order valence-electron chi connectivity index (χ0n) is 29.1. The van der Waals surface area contributed by atoms with Gasteiger partial charge in [0.15, 0.2) is 0 Å². The van der Waals surface area contributed by atoms with Gasteiger partial charge in [-0.05, 0) is 88.0 Å². The van der Waals surface area contributed by atoms with Crippen LogP contribution in [0.2, 0.25) is 0 Å². The molecule has 7 aromatic rings. The Bertz CT molecular complexity index is 2530. The monoisotopic (exact) mass is 740 g/mol. The van der Waals surface area contributed by atoms with E-state index in [-0.39, 0.29) is 10.8 Å². The minimum atomic E-state index is -0.119. The lowest BCUT2D eigenvalue weighted by atomic mass is 9.81. The average molecular weight is 741 g/mol. The molecular formula is C46H32N2S4. The molecule has 2 nitrogen and oxygen atoms in total. The number of fused-ring (bicyclic) bond motifs is 12. The zero-order chi connectivity index (χ0) is 34.9. The smallest absolute Gasteiger partial charge is 0.116 e. The van der Waals surface area contributed by atoms with Crippen molar-refractivity contribution in [2.45, 2.75) is 77.7 Å². The van der Waals surface area contributed by atoms with Gasteiger partial charge in [0.1, 0.15) is 6.33 Å². The van der Waals surface area contributed by atoms with Crippen molar-refractivity contribution in [1.82, 2.24) is 9.97 Å². The number of hydrogen-bond donors (Lipinski definition) is 0. The van der Waals surface area contributed by atoms with E-state index in [0.717, 1.165) is 22.5 Å². The molecule has 0 spiro atoms. The number of nitrogens with zero attached hydrogens (tertiary/aromatic N) is 2. The summed E-state index contributed by atoms with van der Waals surface area (Å²) >= 11 is 7.61. The topological polar surface area (TPSA) is 25.8 Å². The molecule has 0 fully saturated rings. The van der Waals surface area contributed by atoms with Crippen LogP contribution in [0.4, 0.5) is 0 Å². The minimum absolute atomic E-state index is 0.119. The minimum Gasteiger partial charge on any atom is -0.236 e. The van der Waals surface area contributed by atoms with Crippen molar-refractivity contribution in [1.29, 1.82) is 0 Å². The molecule has 1 aromatic heterocycles. The third kappa shape index (κ3) is 4.45. The number of benzene rings is 6. The summed E-state index contributed by atoms with van der Waals surface area (Å²) in [5, 5.41) is 0. The van der Waals surface area contributed by atoms with E-state index in [1.807, 2.05) is 47.0 Å². The Hall–Kier alpha value is -4.20. The van der Waals surface area contributed by atoms with Gasteiger partial charge in [0, 0.05) is 72.2 Å². The van der Waals surface area contributed by atoms with Crippen molar-refractivity contribution < 1.29 is 0 Å². The van der Waals surface area contributed by atoms with Gasteiger partial charge in [0.25, 0.3) is 0 Å². The van der Waals surface area contributed by atoms with Crippen LogP contribution >= 0.6 is 47.0 Å². The summed E-state index contributed by atoms with van der Waals surface area (Å²) in [5.41, 5.74) is 14.9. The van der Waals surface area contributed by atoms with Crippen LogP contribution in [0.1, 0.15) is 49.9 Å². The molecule has 0 saturated heterocycles. The quantitative estimate of drug-likeness (QED) is 0.175. The summed E-state index contributed by atoms with van der Waals surface area (Å²) in [6.45, 7) is 9.47. The fourth-order valence-corrected chi connectivity index (χ4v) is 13.4. The van der Waals surface area contributed by atoms with E-state index in [9.17, 15) is 0 Å². The lowest BCUT2D eigenvalue weighted by molar-refractivity contribution is 0.659. The fraction of sp³-hybridized carbons (Fsp3) is 0.130. The predicted molar refractivity (Wildman–Crippen MR) is 217 cm³/mol. The van der Waals surface area contributed by atoms with Gasteiger partial charge in [-0.2, -0.15) is 0 Å². The maximum atomic E-state index is 4.83. The Balaban J connectivity index is 0.963. The van der Waals surface area contributed by atoms with Gasteiger partial charge >= 0.3 is 0 Å².